The van der Waals surface area contributed by atoms with Gasteiger partial charge in [0.25, 0.3) is 0 Å². The minimum atomic E-state index is -0.569. The number of likely N-dealkylation sites (N-methyl/N-ethyl adjacent to an activating group) is 1. The monoisotopic (exact) mass is 287 g/mol. The lowest BCUT2D eigenvalue weighted by molar-refractivity contribution is 0.0458. The molecule has 0 radical (unpaired) electrons. The van der Waals surface area contributed by atoms with Gasteiger partial charge in [0, 0.05) is 20.1 Å². The quantitative estimate of drug-likeness (QED) is 0.815. The van der Waals surface area contributed by atoms with Gasteiger partial charge in [-0.1, -0.05) is 6.92 Å². The summed E-state index contributed by atoms with van der Waals surface area (Å²) in [7, 11) is 1.70. The predicted octanol–water partition coefficient (Wildman–Crippen LogP) is 2.34. The van der Waals surface area contributed by atoms with Gasteiger partial charge in [0.15, 0.2) is 0 Å². The fraction of sp³-hybridized carbons (Fsp3) is 0.857. The standard InChI is InChI=1S/C14H29N3O3/c1-8-9-15-11(18)17(7)10-14(5,6)16-12(19)20-13(2,3)4/h8-10H2,1-7H3,(H,15,18)(H,16,19). The molecule has 0 aromatic carbocycles. The van der Waals surface area contributed by atoms with Crippen LogP contribution in [0.2, 0.25) is 0 Å². The van der Waals surface area contributed by atoms with Crippen LogP contribution in [-0.2, 0) is 4.74 Å². The molecule has 0 saturated heterocycles. The summed E-state index contributed by atoms with van der Waals surface area (Å²) < 4.78 is 5.21. The molecule has 6 heteroatoms. The lowest BCUT2D eigenvalue weighted by Crippen LogP contribution is -2.54. The molecule has 0 bridgehead atoms. The molecule has 6 nitrogen and oxygen atoms in total. The molecular formula is C14H29N3O3. The van der Waals surface area contributed by atoms with Crippen LogP contribution in [0.4, 0.5) is 9.59 Å². The predicted molar refractivity (Wildman–Crippen MR) is 79.8 cm³/mol. The zero-order chi connectivity index (χ0) is 16.0. The van der Waals surface area contributed by atoms with Crippen molar-refractivity contribution in [3.05, 3.63) is 0 Å². The second kappa shape index (κ2) is 7.36. The summed E-state index contributed by atoms with van der Waals surface area (Å²) >= 11 is 0. The van der Waals surface area contributed by atoms with Gasteiger partial charge >= 0.3 is 12.1 Å². The molecule has 118 valence electrons. The van der Waals surface area contributed by atoms with Crippen LogP contribution < -0.4 is 10.6 Å². The molecule has 0 saturated carbocycles. The van der Waals surface area contributed by atoms with E-state index in [4.69, 9.17) is 4.74 Å². The zero-order valence-electron chi connectivity index (χ0n) is 13.8. The van der Waals surface area contributed by atoms with E-state index in [2.05, 4.69) is 10.6 Å². The van der Waals surface area contributed by atoms with Crippen molar-refractivity contribution in [1.82, 2.24) is 15.5 Å². The minimum Gasteiger partial charge on any atom is -0.444 e. The third kappa shape index (κ3) is 8.61. The Morgan fingerprint density at radius 3 is 2.15 bits per heavy atom. The second-order valence-electron chi connectivity index (χ2n) is 6.60. The van der Waals surface area contributed by atoms with Gasteiger partial charge < -0.3 is 20.3 Å². The number of nitrogens with zero attached hydrogens (tertiary/aromatic N) is 1. The molecule has 0 spiro atoms. The number of hydrogen-bond donors (Lipinski definition) is 2. The lowest BCUT2D eigenvalue weighted by Gasteiger charge is -2.32. The van der Waals surface area contributed by atoms with Gasteiger partial charge in [-0.15, -0.1) is 0 Å². The summed E-state index contributed by atoms with van der Waals surface area (Å²) in [4.78, 5) is 25.1. The second-order valence-corrected chi connectivity index (χ2v) is 6.60. The summed E-state index contributed by atoms with van der Waals surface area (Å²) in [5.74, 6) is 0. The van der Waals surface area contributed by atoms with Gasteiger partial charge in [0.05, 0.1) is 5.54 Å². The van der Waals surface area contributed by atoms with Crippen molar-refractivity contribution in [1.29, 1.82) is 0 Å². The Hall–Kier alpha value is -1.46. The molecular weight excluding hydrogens is 258 g/mol. The molecule has 0 heterocycles. The molecule has 20 heavy (non-hydrogen) atoms. The molecule has 0 fully saturated rings. The van der Waals surface area contributed by atoms with Crippen LogP contribution in [-0.4, -0.2) is 48.3 Å². The Kier molecular flexibility index (Phi) is 6.82. The maximum absolute atomic E-state index is 11.8. The number of nitrogens with one attached hydrogen (secondary N) is 2. The summed E-state index contributed by atoms with van der Waals surface area (Å²) in [6.45, 7) is 12.2. The summed E-state index contributed by atoms with van der Waals surface area (Å²) in [6, 6.07) is -0.147. The van der Waals surface area contributed by atoms with E-state index in [1.54, 1.807) is 11.9 Å². The fourth-order valence-electron chi connectivity index (χ4n) is 1.65. The summed E-state index contributed by atoms with van der Waals surface area (Å²) in [6.07, 6.45) is 0.406. The Morgan fingerprint density at radius 2 is 1.70 bits per heavy atom. The van der Waals surface area contributed by atoms with Crippen LogP contribution in [0.3, 0.4) is 0 Å². The zero-order valence-corrected chi connectivity index (χ0v) is 13.8. The van der Waals surface area contributed by atoms with Crippen molar-refractivity contribution >= 4 is 12.1 Å². The first-order valence-electron chi connectivity index (χ1n) is 6.97. The number of urea groups is 1. The normalized spacial score (nSPS) is 11.8. The van der Waals surface area contributed by atoms with E-state index in [0.717, 1.165) is 6.42 Å². The number of carbonyl (C=O) groups excluding carboxylic acids is 2. The third-order valence-electron chi connectivity index (χ3n) is 2.34. The highest BCUT2D eigenvalue weighted by Crippen LogP contribution is 2.10. The molecule has 2 N–H and O–H groups in total. The van der Waals surface area contributed by atoms with Crippen molar-refractivity contribution in [2.75, 3.05) is 20.1 Å². The first-order valence-corrected chi connectivity index (χ1v) is 6.97. The van der Waals surface area contributed by atoms with E-state index in [1.807, 2.05) is 41.5 Å². The van der Waals surface area contributed by atoms with Crippen molar-refractivity contribution < 1.29 is 14.3 Å². The van der Waals surface area contributed by atoms with Gasteiger partial charge in [-0.3, -0.25) is 0 Å². The highest BCUT2D eigenvalue weighted by molar-refractivity contribution is 5.74. The van der Waals surface area contributed by atoms with Crippen molar-refractivity contribution in [2.24, 2.45) is 0 Å². The summed E-state index contributed by atoms with van der Waals surface area (Å²) in [5, 5.41) is 5.56. The lowest BCUT2D eigenvalue weighted by atomic mass is 10.1. The van der Waals surface area contributed by atoms with E-state index in [9.17, 15) is 9.59 Å². The average Bonchev–Trinajstić information content (AvgIpc) is 2.20. The molecule has 0 atom stereocenters. The molecule has 0 aliphatic heterocycles. The first-order chi connectivity index (χ1) is 8.97. The van der Waals surface area contributed by atoms with Crippen LogP contribution >= 0.6 is 0 Å². The molecule has 0 rings (SSSR count). The molecule has 0 aliphatic carbocycles. The molecule has 0 aromatic heterocycles. The Morgan fingerprint density at radius 1 is 1.15 bits per heavy atom. The van der Waals surface area contributed by atoms with Gasteiger partial charge in [0.2, 0.25) is 0 Å². The van der Waals surface area contributed by atoms with Crippen molar-refractivity contribution in [3.63, 3.8) is 0 Å². The van der Waals surface area contributed by atoms with Gasteiger partial charge in [0.1, 0.15) is 5.60 Å². The number of alkyl carbamates (subject to hydrolysis) is 1. The highest BCUT2D eigenvalue weighted by Gasteiger charge is 2.27. The van der Waals surface area contributed by atoms with Gasteiger partial charge in [-0.25, -0.2) is 9.59 Å². The maximum atomic E-state index is 11.8. The fourth-order valence-corrected chi connectivity index (χ4v) is 1.65. The third-order valence-corrected chi connectivity index (χ3v) is 2.34. The van der Waals surface area contributed by atoms with E-state index in [-0.39, 0.29) is 6.03 Å². The smallest absolute Gasteiger partial charge is 0.408 e. The molecule has 3 amide bonds. The first kappa shape index (κ1) is 18.5. The number of ether oxygens (including phenoxy) is 1. The van der Waals surface area contributed by atoms with E-state index in [1.165, 1.54) is 0 Å². The SMILES string of the molecule is CCCNC(=O)N(C)CC(C)(C)NC(=O)OC(C)(C)C. The van der Waals surface area contributed by atoms with Gasteiger partial charge in [-0.05, 0) is 41.0 Å². The number of rotatable bonds is 5. The Labute approximate surface area is 122 Å². The van der Waals surface area contributed by atoms with E-state index < -0.39 is 17.2 Å². The molecule has 0 aromatic rings. The van der Waals surface area contributed by atoms with Crippen LogP contribution in [0.1, 0.15) is 48.0 Å². The summed E-state index contributed by atoms with van der Waals surface area (Å²) in [5.41, 5.74) is -1.11. The molecule has 0 aliphatic rings. The Balaban J connectivity index is 4.36. The van der Waals surface area contributed by atoms with Crippen LogP contribution in [0.5, 0.6) is 0 Å². The highest BCUT2D eigenvalue weighted by atomic mass is 16.6. The van der Waals surface area contributed by atoms with Gasteiger partial charge in [-0.2, -0.15) is 0 Å². The van der Waals surface area contributed by atoms with Crippen LogP contribution in [0.25, 0.3) is 0 Å². The van der Waals surface area contributed by atoms with Crippen molar-refractivity contribution in [3.8, 4) is 0 Å². The average molecular weight is 287 g/mol. The van der Waals surface area contributed by atoms with E-state index in [0.29, 0.717) is 13.1 Å². The van der Waals surface area contributed by atoms with Crippen molar-refractivity contribution in [2.45, 2.75) is 59.1 Å². The number of hydrogen-bond acceptors (Lipinski definition) is 3. The molecule has 0 unspecified atom stereocenters. The largest absolute Gasteiger partial charge is 0.444 e. The van der Waals surface area contributed by atoms with E-state index >= 15 is 0 Å². The Bertz CT molecular complexity index is 335. The van der Waals surface area contributed by atoms with Crippen LogP contribution in [0, 0.1) is 0 Å². The number of amides is 3. The van der Waals surface area contributed by atoms with Crippen LogP contribution in [0.15, 0.2) is 0 Å². The maximum Gasteiger partial charge on any atom is 0.408 e. The topological polar surface area (TPSA) is 70.7 Å². The number of carbonyl (C=O) groups is 2. The minimum absolute atomic E-state index is 0.147.